The SMILES string of the molecule is Cc1ccc(SNC(Cc2ccccc2)C(=O)N2CCC3(CC2)CN=C(NC(=O)c2nc(Cl)c(N)nc2N)N3)cc1. The van der Waals surface area contributed by atoms with Crippen molar-refractivity contribution in [2.24, 2.45) is 4.99 Å². The van der Waals surface area contributed by atoms with E-state index in [0.717, 1.165) is 10.5 Å². The number of carbonyl (C=O) groups excluding carboxylic acids is 2. The van der Waals surface area contributed by atoms with Gasteiger partial charge in [0.15, 0.2) is 28.4 Å². The fourth-order valence-corrected chi connectivity index (χ4v) is 5.70. The fraction of sp³-hybridized carbons (Fsp3) is 0.321. The fourth-order valence-electron chi connectivity index (χ4n) is 4.84. The Bertz CT molecular complexity index is 1440. The Labute approximate surface area is 247 Å². The topological polar surface area (TPSA) is 164 Å². The summed E-state index contributed by atoms with van der Waals surface area (Å²) in [5, 5.41) is 5.94. The lowest BCUT2D eigenvalue weighted by Crippen LogP contribution is -2.58. The van der Waals surface area contributed by atoms with E-state index < -0.39 is 11.9 Å². The molecule has 7 N–H and O–H groups in total. The molecule has 1 fully saturated rings. The van der Waals surface area contributed by atoms with E-state index in [1.54, 1.807) is 0 Å². The zero-order valence-corrected chi connectivity index (χ0v) is 24.1. The summed E-state index contributed by atoms with van der Waals surface area (Å²) in [6, 6.07) is 17.8. The van der Waals surface area contributed by atoms with Crippen molar-refractivity contribution < 1.29 is 9.59 Å². The molecule has 214 valence electrons. The average Bonchev–Trinajstić information content (AvgIpc) is 3.35. The van der Waals surface area contributed by atoms with Gasteiger partial charge in [-0.15, -0.1) is 0 Å². The number of aryl methyl sites for hydroxylation is 1. The number of guanidine groups is 1. The van der Waals surface area contributed by atoms with Crippen LogP contribution in [0.1, 0.15) is 34.5 Å². The largest absolute Gasteiger partial charge is 0.382 e. The Morgan fingerprint density at radius 1 is 1.07 bits per heavy atom. The van der Waals surface area contributed by atoms with Gasteiger partial charge in [0.05, 0.1) is 12.1 Å². The molecule has 13 heteroatoms. The molecule has 3 aromatic rings. The minimum Gasteiger partial charge on any atom is -0.382 e. The van der Waals surface area contributed by atoms with Crippen LogP contribution in [0.4, 0.5) is 11.6 Å². The van der Waals surface area contributed by atoms with Crippen LogP contribution in [0.2, 0.25) is 5.15 Å². The van der Waals surface area contributed by atoms with Gasteiger partial charge < -0.3 is 21.7 Å². The van der Waals surface area contributed by atoms with Crippen molar-refractivity contribution in [3.05, 3.63) is 76.6 Å². The van der Waals surface area contributed by atoms with Crippen molar-refractivity contribution in [1.29, 1.82) is 0 Å². The smallest absolute Gasteiger partial charge is 0.280 e. The minimum atomic E-state index is -0.589. The third-order valence-corrected chi connectivity index (χ3v) is 8.42. The molecule has 1 unspecified atom stereocenters. The molecule has 0 saturated carbocycles. The number of nitrogens with one attached hydrogen (secondary N) is 3. The first kappa shape index (κ1) is 28.7. The summed E-state index contributed by atoms with van der Waals surface area (Å²) in [5.41, 5.74) is 13.2. The van der Waals surface area contributed by atoms with Gasteiger partial charge in [0.2, 0.25) is 5.91 Å². The first-order valence-electron chi connectivity index (χ1n) is 13.3. The number of nitrogens with zero attached hydrogens (tertiary/aromatic N) is 4. The Kier molecular flexibility index (Phi) is 8.62. The van der Waals surface area contributed by atoms with Crippen molar-refractivity contribution in [1.82, 2.24) is 30.2 Å². The van der Waals surface area contributed by atoms with Crippen molar-refractivity contribution in [3.8, 4) is 0 Å². The molecule has 2 aliphatic heterocycles. The highest BCUT2D eigenvalue weighted by Crippen LogP contribution is 2.27. The van der Waals surface area contributed by atoms with Crippen molar-refractivity contribution in [2.45, 2.75) is 42.7 Å². The van der Waals surface area contributed by atoms with Gasteiger partial charge in [0.1, 0.15) is 6.04 Å². The van der Waals surface area contributed by atoms with Crippen LogP contribution >= 0.6 is 23.5 Å². The Morgan fingerprint density at radius 2 is 1.78 bits per heavy atom. The molecule has 0 aliphatic carbocycles. The number of aliphatic imine (C=N–C) groups is 1. The second kappa shape index (κ2) is 12.3. The van der Waals surface area contributed by atoms with Gasteiger partial charge in [-0.25, -0.2) is 14.7 Å². The van der Waals surface area contributed by atoms with E-state index in [9.17, 15) is 9.59 Å². The summed E-state index contributed by atoms with van der Waals surface area (Å²) in [6.45, 7) is 3.66. The highest BCUT2D eigenvalue weighted by molar-refractivity contribution is 7.97. The number of likely N-dealkylation sites (tertiary alicyclic amines) is 1. The summed E-state index contributed by atoms with van der Waals surface area (Å²) >= 11 is 7.38. The lowest BCUT2D eigenvalue weighted by atomic mass is 9.88. The zero-order chi connectivity index (χ0) is 29.0. The standard InChI is InChI=1S/C28H32ClN9O2S/c1-17-7-9-19(10-8-17)41-37-20(15-18-5-3-2-4-6-18)26(40)38-13-11-28(12-14-38)16-32-27(36-28)35-25(39)21-23(30)34-24(31)22(29)33-21/h2-10,20,37H,11-16H2,1H3,(H4,30,31,34)(H2,32,35,36,39). The highest BCUT2D eigenvalue weighted by atomic mass is 35.5. The number of nitrogens with two attached hydrogens (primary N) is 2. The molecule has 0 radical (unpaired) electrons. The predicted octanol–water partition coefficient (Wildman–Crippen LogP) is 2.56. The number of amides is 2. The summed E-state index contributed by atoms with van der Waals surface area (Å²) in [4.78, 5) is 41.7. The molecule has 3 heterocycles. The Morgan fingerprint density at radius 3 is 2.49 bits per heavy atom. The third-order valence-electron chi connectivity index (χ3n) is 7.23. The van der Waals surface area contributed by atoms with Crippen LogP contribution < -0.4 is 26.8 Å². The van der Waals surface area contributed by atoms with Crippen LogP contribution in [-0.2, 0) is 11.2 Å². The summed E-state index contributed by atoms with van der Waals surface area (Å²) in [6.07, 6.45) is 1.94. The number of aromatic nitrogens is 2. The molecule has 2 aliphatic rings. The Hall–Kier alpha value is -3.87. The summed E-state index contributed by atoms with van der Waals surface area (Å²) < 4.78 is 3.42. The second-order valence-corrected chi connectivity index (χ2v) is 11.5. The molecule has 2 aromatic carbocycles. The summed E-state index contributed by atoms with van der Waals surface area (Å²) in [7, 11) is 0. The first-order chi connectivity index (χ1) is 19.7. The lowest BCUT2D eigenvalue weighted by molar-refractivity contribution is -0.134. The molecule has 0 bridgehead atoms. The predicted molar refractivity (Wildman–Crippen MR) is 161 cm³/mol. The van der Waals surface area contributed by atoms with E-state index in [1.807, 2.05) is 54.3 Å². The van der Waals surface area contributed by atoms with Gasteiger partial charge >= 0.3 is 0 Å². The van der Waals surface area contributed by atoms with E-state index in [4.69, 9.17) is 23.1 Å². The van der Waals surface area contributed by atoms with Crippen LogP contribution in [0, 0.1) is 6.92 Å². The lowest BCUT2D eigenvalue weighted by Gasteiger charge is -2.40. The molecule has 5 rings (SSSR count). The highest BCUT2D eigenvalue weighted by Gasteiger charge is 2.41. The van der Waals surface area contributed by atoms with Gasteiger partial charge in [0.25, 0.3) is 5.91 Å². The number of benzene rings is 2. The van der Waals surface area contributed by atoms with E-state index in [1.165, 1.54) is 17.5 Å². The molecular weight excluding hydrogens is 562 g/mol. The maximum atomic E-state index is 13.7. The molecule has 41 heavy (non-hydrogen) atoms. The second-order valence-electron chi connectivity index (χ2n) is 10.3. The molecule has 1 atom stereocenters. The number of piperidine rings is 1. The van der Waals surface area contributed by atoms with Crippen molar-refractivity contribution in [3.63, 3.8) is 0 Å². The molecule has 1 saturated heterocycles. The van der Waals surface area contributed by atoms with Crippen molar-refractivity contribution in [2.75, 3.05) is 31.1 Å². The summed E-state index contributed by atoms with van der Waals surface area (Å²) in [5.74, 6) is -0.378. The van der Waals surface area contributed by atoms with Crippen LogP contribution in [0.3, 0.4) is 0 Å². The zero-order valence-electron chi connectivity index (χ0n) is 22.6. The molecular formula is C28H32ClN9O2S. The number of hydrogen-bond donors (Lipinski definition) is 5. The Balaban J connectivity index is 1.18. The normalized spacial score (nSPS) is 16.6. The maximum Gasteiger partial charge on any atom is 0.280 e. The molecule has 11 nitrogen and oxygen atoms in total. The van der Waals surface area contributed by atoms with Gasteiger partial charge in [-0.05, 0) is 55.8 Å². The number of rotatable bonds is 7. The van der Waals surface area contributed by atoms with Gasteiger partial charge in [-0.3, -0.25) is 19.9 Å². The van der Waals surface area contributed by atoms with Crippen LogP contribution in [0.15, 0.2) is 64.5 Å². The van der Waals surface area contributed by atoms with E-state index in [2.05, 4.69) is 42.4 Å². The van der Waals surface area contributed by atoms with Gasteiger partial charge in [-0.1, -0.05) is 59.6 Å². The van der Waals surface area contributed by atoms with E-state index in [0.29, 0.717) is 44.9 Å². The average molecular weight is 594 g/mol. The quantitative estimate of drug-likeness (QED) is 0.259. The molecule has 2 amide bonds. The number of carbonyl (C=O) groups is 2. The number of hydrogen-bond acceptors (Lipinski definition) is 10. The monoisotopic (exact) mass is 593 g/mol. The number of anilines is 2. The number of halogens is 1. The first-order valence-corrected chi connectivity index (χ1v) is 14.4. The third kappa shape index (κ3) is 6.89. The molecule has 1 aromatic heterocycles. The van der Waals surface area contributed by atoms with Crippen LogP contribution in [0.25, 0.3) is 0 Å². The molecule has 1 spiro atoms. The number of nitrogen functional groups attached to an aromatic ring is 2. The van der Waals surface area contributed by atoms with E-state index in [-0.39, 0.29) is 33.9 Å². The van der Waals surface area contributed by atoms with Crippen LogP contribution in [-0.4, -0.2) is 63.9 Å². The minimum absolute atomic E-state index is 0.0488. The van der Waals surface area contributed by atoms with Crippen LogP contribution in [0.5, 0.6) is 0 Å². The van der Waals surface area contributed by atoms with E-state index >= 15 is 0 Å². The maximum absolute atomic E-state index is 13.7. The van der Waals surface area contributed by atoms with Gasteiger partial charge in [-0.2, -0.15) is 0 Å². The van der Waals surface area contributed by atoms with Crippen molar-refractivity contribution >= 4 is 53.0 Å². The van der Waals surface area contributed by atoms with Gasteiger partial charge in [0, 0.05) is 18.0 Å².